The lowest BCUT2D eigenvalue weighted by Crippen LogP contribution is -3.00. The van der Waals surface area contributed by atoms with Gasteiger partial charge in [-0.15, -0.1) is 0 Å². The topological polar surface area (TPSA) is 42.2 Å². The zero-order chi connectivity index (χ0) is 14.5. The van der Waals surface area contributed by atoms with E-state index in [2.05, 4.69) is 5.32 Å². The van der Waals surface area contributed by atoms with Gasteiger partial charge in [-0.1, -0.05) is 23.7 Å². The van der Waals surface area contributed by atoms with Crippen LogP contribution in [0.25, 0.3) is 0 Å². The molecule has 2 aromatic rings. The monoisotopic (exact) mass is 326 g/mol. The van der Waals surface area contributed by atoms with Crippen LogP contribution in [0.1, 0.15) is 11.1 Å². The molecule has 2 rings (SSSR count). The predicted octanol–water partition coefficient (Wildman–Crippen LogP) is -0.294. The molecular weight excluding hydrogens is 311 g/mol. The van der Waals surface area contributed by atoms with Crippen LogP contribution in [-0.2, 0) is 6.54 Å². The van der Waals surface area contributed by atoms with Crippen molar-refractivity contribution in [2.75, 3.05) is 7.05 Å². The number of halogens is 2. The Morgan fingerprint density at radius 3 is 2.57 bits per heavy atom. The highest BCUT2D eigenvalue weighted by atomic mass is 35.5. The van der Waals surface area contributed by atoms with Gasteiger partial charge in [0.1, 0.15) is 0 Å². The zero-order valence-electron chi connectivity index (χ0n) is 11.8. The second kappa shape index (κ2) is 7.86. The molecule has 1 aromatic heterocycles. The Balaban J connectivity index is 0.00000220. The van der Waals surface area contributed by atoms with Gasteiger partial charge in [0.25, 0.3) is 0 Å². The van der Waals surface area contributed by atoms with Crippen LogP contribution in [0.4, 0.5) is 4.79 Å². The fourth-order valence-corrected chi connectivity index (χ4v) is 1.99. The summed E-state index contributed by atoms with van der Waals surface area (Å²) in [7, 11) is 1.53. The number of benzene rings is 1. The second-order valence-corrected chi connectivity index (χ2v) is 4.92. The molecule has 0 saturated carbocycles. The minimum absolute atomic E-state index is 0. The number of aryl methyl sites for hydroxylation is 1. The molecule has 1 N–H and O–H groups in total. The number of nitrogens with zero attached hydrogens (tertiary/aromatic N) is 1. The lowest BCUT2D eigenvalue weighted by atomic mass is 10.2. The van der Waals surface area contributed by atoms with Crippen LogP contribution in [0.2, 0.25) is 5.02 Å². The number of hydrogen-bond donors (Lipinski definition) is 1. The van der Waals surface area contributed by atoms with Crippen molar-refractivity contribution in [1.82, 2.24) is 5.32 Å². The minimum Gasteiger partial charge on any atom is -1.00 e. The summed E-state index contributed by atoms with van der Waals surface area (Å²) in [5.74, 6) is 0.512. The highest BCUT2D eigenvalue weighted by Gasteiger charge is 2.10. The summed E-state index contributed by atoms with van der Waals surface area (Å²) in [4.78, 5) is 11.2. The summed E-state index contributed by atoms with van der Waals surface area (Å²) < 4.78 is 7.12. The van der Waals surface area contributed by atoms with Crippen molar-refractivity contribution >= 4 is 17.7 Å². The van der Waals surface area contributed by atoms with E-state index >= 15 is 0 Å². The highest BCUT2D eigenvalue weighted by Crippen LogP contribution is 2.12. The predicted molar refractivity (Wildman–Crippen MR) is 77.0 cm³/mol. The molecule has 21 heavy (non-hydrogen) atoms. The van der Waals surface area contributed by atoms with Crippen molar-refractivity contribution < 1.29 is 26.5 Å². The third kappa shape index (κ3) is 5.25. The number of nitrogens with one attached hydrogen (secondary N) is 1. The number of rotatable bonds is 3. The lowest BCUT2D eigenvalue weighted by molar-refractivity contribution is -0.688. The molecular formula is C15H16Cl2N2O2. The number of amides is 1. The van der Waals surface area contributed by atoms with Crippen LogP contribution in [0.15, 0.2) is 42.7 Å². The number of hydrogen-bond acceptors (Lipinski definition) is 2. The number of aromatic nitrogens is 1. The van der Waals surface area contributed by atoms with Crippen LogP contribution in [0.3, 0.4) is 0 Å². The number of pyridine rings is 1. The molecule has 0 saturated heterocycles. The van der Waals surface area contributed by atoms with E-state index in [0.29, 0.717) is 17.3 Å². The van der Waals surface area contributed by atoms with Gasteiger partial charge in [-0.2, -0.15) is 4.57 Å². The van der Waals surface area contributed by atoms with Crippen LogP contribution in [0, 0.1) is 6.92 Å². The smallest absolute Gasteiger partial charge is 0.412 e. The van der Waals surface area contributed by atoms with Gasteiger partial charge < -0.3 is 22.5 Å². The van der Waals surface area contributed by atoms with E-state index < -0.39 is 6.09 Å². The maximum Gasteiger partial charge on any atom is 0.412 e. The number of ether oxygens (including phenoxy) is 1. The summed E-state index contributed by atoms with van der Waals surface area (Å²) >= 11 is 5.87. The Bertz CT molecular complexity index is 616. The van der Waals surface area contributed by atoms with Gasteiger partial charge in [0.15, 0.2) is 18.5 Å². The van der Waals surface area contributed by atoms with Crippen molar-refractivity contribution in [2.45, 2.75) is 13.5 Å². The molecule has 0 aliphatic heterocycles. The summed E-state index contributed by atoms with van der Waals surface area (Å²) in [6.07, 6.45) is 3.30. The van der Waals surface area contributed by atoms with Crippen molar-refractivity contribution in [1.29, 1.82) is 0 Å². The van der Waals surface area contributed by atoms with E-state index in [4.69, 9.17) is 16.3 Å². The first-order chi connectivity index (χ1) is 9.56. The first-order valence-electron chi connectivity index (χ1n) is 6.21. The molecule has 0 radical (unpaired) electrons. The molecule has 1 amide bonds. The second-order valence-electron chi connectivity index (χ2n) is 4.49. The maximum absolute atomic E-state index is 11.2. The largest absolute Gasteiger partial charge is 1.00 e. The molecule has 0 unspecified atom stereocenters. The molecule has 0 atom stereocenters. The van der Waals surface area contributed by atoms with Crippen molar-refractivity contribution in [3.63, 3.8) is 0 Å². The van der Waals surface area contributed by atoms with E-state index in [1.807, 2.05) is 48.0 Å². The van der Waals surface area contributed by atoms with Crippen LogP contribution in [-0.4, -0.2) is 13.1 Å². The Morgan fingerprint density at radius 1 is 1.29 bits per heavy atom. The van der Waals surface area contributed by atoms with Crippen LogP contribution >= 0.6 is 11.6 Å². The SMILES string of the molecule is CNC(=O)Oc1cc(C)c[n+](Cc2ccc(Cl)cc2)c1.[Cl-]. The van der Waals surface area contributed by atoms with Gasteiger partial charge in [0.2, 0.25) is 6.20 Å². The fraction of sp³-hybridized carbons (Fsp3) is 0.200. The molecule has 4 nitrogen and oxygen atoms in total. The molecule has 0 fully saturated rings. The van der Waals surface area contributed by atoms with Crippen molar-refractivity contribution in [3.05, 3.63) is 58.9 Å². The highest BCUT2D eigenvalue weighted by molar-refractivity contribution is 6.30. The molecule has 1 aromatic carbocycles. The Hall–Kier alpha value is -1.78. The summed E-state index contributed by atoms with van der Waals surface area (Å²) in [5, 5.41) is 3.14. The standard InChI is InChI=1S/C15H15ClN2O2.ClH/c1-11-7-14(20-15(19)17-2)10-18(8-11)9-12-3-5-13(16)6-4-12;/h3-8,10H,9H2,1-2H3;1H. The Morgan fingerprint density at radius 2 is 1.95 bits per heavy atom. The van der Waals surface area contributed by atoms with Gasteiger partial charge in [-0.05, 0) is 25.1 Å². The van der Waals surface area contributed by atoms with E-state index in [1.54, 1.807) is 6.20 Å². The van der Waals surface area contributed by atoms with Crippen LogP contribution < -0.4 is 27.0 Å². The number of carbonyl (C=O) groups excluding carboxylic acids is 1. The van der Waals surface area contributed by atoms with Gasteiger partial charge in [-0.3, -0.25) is 0 Å². The van der Waals surface area contributed by atoms with Gasteiger partial charge in [0.05, 0.1) is 0 Å². The summed E-state index contributed by atoms with van der Waals surface area (Å²) in [5.41, 5.74) is 2.14. The molecule has 0 spiro atoms. The average molecular weight is 327 g/mol. The Labute approximate surface area is 135 Å². The third-order valence-electron chi connectivity index (χ3n) is 2.73. The molecule has 112 valence electrons. The first kappa shape index (κ1) is 17.3. The van der Waals surface area contributed by atoms with Crippen molar-refractivity contribution in [3.8, 4) is 5.75 Å². The normalized spacial score (nSPS) is 9.67. The lowest BCUT2D eigenvalue weighted by Gasteiger charge is -2.04. The van der Waals surface area contributed by atoms with Gasteiger partial charge in [-0.25, -0.2) is 4.79 Å². The fourth-order valence-electron chi connectivity index (χ4n) is 1.87. The van der Waals surface area contributed by atoms with E-state index in [9.17, 15) is 4.79 Å². The summed E-state index contributed by atoms with van der Waals surface area (Å²) in [6, 6.07) is 9.46. The van der Waals surface area contributed by atoms with Gasteiger partial charge >= 0.3 is 6.09 Å². The Kier molecular flexibility index (Phi) is 6.46. The van der Waals surface area contributed by atoms with Gasteiger partial charge in [0, 0.05) is 23.2 Å². The van der Waals surface area contributed by atoms with Crippen LogP contribution in [0.5, 0.6) is 5.75 Å². The van der Waals surface area contributed by atoms with E-state index in [-0.39, 0.29) is 12.4 Å². The summed E-state index contributed by atoms with van der Waals surface area (Å²) in [6.45, 7) is 2.64. The van der Waals surface area contributed by atoms with E-state index in [0.717, 1.165) is 11.1 Å². The maximum atomic E-state index is 11.2. The molecule has 0 aliphatic rings. The molecule has 1 heterocycles. The first-order valence-corrected chi connectivity index (χ1v) is 6.59. The quantitative estimate of drug-likeness (QED) is 0.787. The number of carbonyl (C=O) groups is 1. The molecule has 6 heteroatoms. The molecule has 0 bridgehead atoms. The van der Waals surface area contributed by atoms with Crippen molar-refractivity contribution in [2.24, 2.45) is 0 Å². The molecule has 0 aliphatic carbocycles. The van der Waals surface area contributed by atoms with E-state index in [1.165, 1.54) is 7.05 Å². The third-order valence-corrected chi connectivity index (χ3v) is 2.98. The average Bonchev–Trinajstić information content (AvgIpc) is 2.40. The zero-order valence-corrected chi connectivity index (χ0v) is 13.3. The minimum atomic E-state index is -0.478.